The van der Waals surface area contributed by atoms with Gasteiger partial charge in [0.15, 0.2) is 0 Å². The number of fused-ring (bicyclic) bond motifs is 10. The van der Waals surface area contributed by atoms with Crippen LogP contribution in [0.25, 0.3) is 0 Å². The fourth-order valence-corrected chi connectivity index (χ4v) is 18.0. The Bertz CT molecular complexity index is 1370. The summed E-state index contributed by atoms with van der Waals surface area (Å²) in [5.74, 6) is 13.5. The Balaban J connectivity index is 0.000000158. The largest absolute Gasteiger partial charge is 0.393 e. The zero-order chi connectivity index (χ0) is 39.2. The summed E-state index contributed by atoms with van der Waals surface area (Å²) in [6.07, 6.45) is 25.5. The average Bonchev–Trinajstić information content (AvgIpc) is 4.06. The van der Waals surface area contributed by atoms with Crippen LogP contribution < -0.4 is 0 Å². The van der Waals surface area contributed by atoms with E-state index in [4.69, 9.17) is 0 Å². The fourth-order valence-electron chi connectivity index (χ4n) is 18.0. The second-order valence-corrected chi connectivity index (χ2v) is 24.8. The average molecular weight is 797 g/mol. The van der Waals surface area contributed by atoms with Gasteiger partial charge in [0, 0.05) is 5.92 Å². The minimum Gasteiger partial charge on any atom is -0.393 e. The first-order valence-electron chi connectivity index (χ1n) is 24.2. The molecule has 0 amide bonds. The molecule has 56 heavy (non-hydrogen) atoms. The Kier molecular flexibility index (Phi) is 12.9. The van der Waals surface area contributed by atoms with E-state index in [1.54, 1.807) is 0 Å². The van der Waals surface area contributed by atoms with Crippen LogP contribution in [-0.2, 0) is 4.79 Å². The Morgan fingerprint density at radius 2 is 0.946 bits per heavy atom. The van der Waals surface area contributed by atoms with Gasteiger partial charge >= 0.3 is 0 Å². The molecule has 0 heterocycles. The minimum absolute atomic E-state index is 0. The molecule has 19 atom stereocenters. The maximum absolute atomic E-state index is 12.5. The summed E-state index contributed by atoms with van der Waals surface area (Å²) < 4.78 is 0. The Labute approximate surface area is 346 Å². The summed E-state index contributed by atoms with van der Waals surface area (Å²) in [4.78, 5) is 12.5. The smallest absolute Gasteiger partial charge is 0.133 e. The number of hydrogen-bond donors (Lipinski definition) is 3. The second kappa shape index (κ2) is 16.4. The lowest BCUT2D eigenvalue weighted by molar-refractivity contribution is -0.131. The third-order valence-electron chi connectivity index (χ3n) is 20.2. The first-order valence-corrected chi connectivity index (χ1v) is 26.2. The van der Waals surface area contributed by atoms with Crippen LogP contribution >= 0.6 is 8.58 Å². The van der Waals surface area contributed by atoms with Gasteiger partial charge in [-0.1, -0.05) is 21.3 Å². The van der Waals surface area contributed by atoms with Crippen LogP contribution in [0.15, 0.2) is 0 Å². The molecule has 0 aromatic heterocycles. The van der Waals surface area contributed by atoms with Crippen molar-refractivity contribution in [2.45, 2.75) is 195 Å². The number of carbonyl (C=O) groups is 1. The number of aliphatic hydroxyl groups is 3. The van der Waals surface area contributed by atoms with Crippen molar-refractivity contribution in [3.8, 4) is 0 Å². The van der Waals surface area contributed by atoms with E-state index in [2.05, 4.69) is 47.9 Å². The Morgan fingerprint density at radius 3 is 1.38 bits per heavy atom. The van der Waals surface area contributed by atoms with Gasteiger partial charge in [-0.05, 0) is 269 Å². The molecule has 1 unspecified atom stereocenters. The summed E-state index contributed by atoms with van der Waals surface area (Å²) in [6, 6.07) is 0. The van der Waals surface area contributed by atoms with Crippen LogP contribution in [0.5, 0.6) is 0 Å². The number of rotatable bonds is 4. The molecule has 322 valence electrons. The highest BCUT2D eigenvalue weighted by atomic mass is 31.1. The van der Waals surface area contributed by atoms with Crippen molar-refractivity contribution in [3.63, 3.8) is 0 Å². The molecule has 10 saturated carbocycles. The van der Waals surface area contributed by atoms with E-state index in [0.717, 1.165) is 117 Å². The summed E-state index contributed by atoms with van der Waals surface area (Å²) in [6.45, 7) is 17.4. The molecule has 10 fully saturated rings. The Morgan fingerprint density at radius 1 is 0.554 bits per heavy atom. The Hall–Kier alpha value is -0.0200. The van der Waals surface area contributed by atoms with Gasteiger partial charge in [-0.25, -0.2) is 0 Å². The van der Waals surface area contributed by atoms with Crippen molar-refractivity contribution >= 4 is 14.4 Å². The van der Waals surface area contributed by atoms with Gasteiger partial charge < -0.3 is 15.3 Å². The van der Waals surface area contributed by atoms with Crippen molar-refractivity contribution in [1.82, 2.24) is 0 Å². The second-order valence-electron chi connectivity index (χ2n) is 23.8. The molecule has 0 bridgehead atoms. The van der Waals surface area contributed by atoms with Gasteiger partial charge in [0.1, 0.15) is 5.78 Å². The first kappa shape index (κ1) is 44.0. The van der Waals surface area contributed by atoms with E-state index in [1.165, 1.54) is 103 Å². The van der Waals surface area contributed by atoms with Crippen molar-refractivity contribution in [1.29, 1.82) is 0 Å². The maximum Gasteiger partial charge on any atom is 0.133 e. The predicted molar refractivity (Wildman–Crippen MR) is 235 cm³/mol. The number of ketones is 1. The van der Waals surface area contributed by atoms with Crippen LogP contribution in [0.2, 0.25) is 0 Å². The molecule has 0 radical (unpaired) electrons. The fraction of sp³-hybridized carbons (Fsp3) is 0.980. The number of Topliss-reactive ketones (excluding diaryl/α,β-unsaturated/α-hetero) is 1. The van der Waals surface area contributed by atoms with Gasteiger partial charge in [0.05, 0.1) is 17.3 Å². The summed E-state index contributed by atoms with van der Waals surface area (Å²) >= 11 is 0. The van der Waals surface area contributed by atoms with Crippen LogP contribution in [0, 0.1) is 106 Å². The monoisotopic (exact) mass is 797 g/mol. The van der Waals surface area contributed by atoms with Gasteiger partial charge in [-0.2, -0.15) is 0 Å². The SMILES string of the molecule is C.CC(=O)[C@H]1C[C@@H](C2CC2)[C@H]2[C@@H]3CC[C@@H]4C[C@](C)(O)CC[C@@H]4[C@H]3CC[C@@]21C.CC(O)[C@H]1C[C@@H](C2CC2)[C@H]2[C@@H]3CC[C@@H]4C[C@](C)(O)CC[C@@H]4[C@H]3CC[C@@]21C.CPC. The first-order chi connectivity index (χ1) is 26.0. The van der Waals surface area contributed by atoms with Gasteiger partial charge in [-0.15, -0.1) is 8.58 Å². The quantitative estimate of drug-likeness (QED) is 0.248. The van der Waals surface area contributed by atoms with E-state index >= 15 is 0 Å². The van der Waals surface area contributed by atoms with E-state index in [9.17, 15) is 20.1 Å². The molecular weight excluding hydrogens is 708 g/mol. The zero-order valence-corrected chi connectivity index (χ0v) is 37.7. The lowest BCUT2D eigenvalue weighted by Gasteiger charge is -2.58. The van der Waals surface area contributed by atoms with Gasteiger partial charge in [-0.3, -0.25) is 4.79 Å². The predicted octanol–water partition coefficient (Wildman–Crippen LogP) is 11.8. The molecule has 4 nitrogen and oxygen atoms in total. The highest BCUT2D eigenvalue weighted by Crippen LogP contribution is 2.71. The maximum atomic E-state index is 12.5. The molecule has 10 rings (SSSR count). The standard InChI is InChI=1S/C24H40O2.C24H38O2.C2H7P.CH4/c2*1-14(25)21-12-20(15-4-5-15)22-19-7-6-16-13-23(2,26)10-8-17(16)18(19)9-11-24(21,22)3;1-3-2;/h14-22,25-26H,4-13H2,1-3H3;15-22,26H,4-13H2,1-3H3;3H,1-2H3;1H4/t14?,16-,17+,18-,19-,20+,21-,22-,23-,24-;16-,17+,18-,19-,20+,21-,22-,23-,24-;;/m11../s1. The van der Waals surface area contributed by atoms with Crippen LogP contribution in [0.4, 0.5) is 0 Å². The van der Waals surface area contributed by atoms with Gasteiger partial charge in [0.2, 0.25) is 0 Å². The molecule has 5 heteroatoms. The lowest BCUT2D eigenvalue weighted by atomic mass is 9.48. The number of aliphatic hydroxyl groups excluding tert-OH is 1. The van der Waals surface area contributed by atoms with Crippen molar-refractivity contribution in [2.24, 2.45) is 106 Å². The molecule has 10 aliphatic rings. The van der Waals surface area contributed by atoms with E-state index in [-0.39, 0.29) is 18.9 Å². The van der Waals surface area contributed by atoms with E-state index < -0.39 is 11.2 Å². The van der Waals surface area contributed by atoms with Crippen LogP contribution in [0.3, 0.4) is 0 Å². The van der Waals surface area contributed by atoms with Crippen LogP contribution in [-0.4, -0.2) is 51.7 Å². The molecule has 0 aliphatic heterocycles. The topological polar surface area (TPSA) is 77.8 Å². The van der Waals surface area contributed by atoms with E-state index in [1.807, 2.05) is 6.92 Å². The highest BCUT2D eigenvalue weighted by Gasteiger charge is 2.65. The zero-order valence-electron chi connectivity index (χ0n) is 36.7. The van der Waals surface area contributed by atoms with Crippen LogP contribution in [0.1, 0.15) is 177 Å². The summed E-state index contributed by atoms with van der Waals surface area (Å²) in [7, 11) is 1.08. The molecule has 0 saturated heterocycles. The summed E-state index contributed by atoms with van der Waals surface area (Å²) in [5.41, 5.74) is -0.151. The normalized spacial score (nSPS) is 53.3. The van der Waals surface area contributed by atoms with Crippen molar-refractivity contribution < 1.29 is 20.1 Å². The third kappa shape index (κ3) is 7.96. The molecule has 0 spiro atoms. The molecular formula is C51H89O4P. The third-order valence-corrected chi connectivity index (χ3v) is 20.2. The highest BCUT2D eigenvalue weighted by molar-refractivity contribution is 7.35. The molecule has 0 aromatic carbocycles. The summed E-state index contributed by atoms with van der Waals surface area (Å²) in [5, 5.41) is 31.8. The number of hydrogen-bond acceptors (Lipinski definition) is 4. The molecule has 3 N–H and O–H groups in total. The molecule has 0 aromatic rings. The van der Waals surface area contributed by atoms with E-state index in [0.29, 0.717) is 23.0 Å². The van der Waals surface area contributed by atoms with Gasteiger partial charge in [0.25, 0.3) is 0 Å². The number of carbonyl (C=O) groups excluding carboxylic acids is 1. The van der Waals surface area contributed by atoms with Crippen molar-refractivity contribution in [3.05, 3.63) is 0 Å². The van der Waals surface area contributed by atoms with Crippen molar-refractivity contribution in [2.75, 3.05) is 13.3 Å². The lowest BCUT2D eigenvalue weighted by Crippen LogP contribution is -2.52. The minimum atomic E-state index is -0.416. The molecule has 10 aliphatic carbocycles.